The van der Waals surface area contributed by atoms with E-state index in [1.165, 1.54) is 12.3 Å². The Kier molecular flexibility index (Phi) is 5.07. The fraction of sp³-hybridized carbons (Fsp3) is 0.368. The first kappa shape index (κ1) is 17.1. The number of pyridine rings is 1. The summed E-state index contributed by atoms with van der Waals surface area (Å²) in [5.74, 6) is 1.19. The van der Waals surface area contributed by atoms with Gasteiger partial charge in [0.15, 0.2) is 16.9 Å². The van der Waals surface area contributed by atoms with Crippen molar-refractivity contribution in [2.75, 3.05) is 20.2 Å². The van der Waals surface area contributed by atoms with Gasteiger partial charge in [0, 0.05) is 43.9 Å². The second kappa shape index (κ2) is 7.42. The quantitative estimate of drug-likeness (QED) is 0.926. The van der Waals surface area contributed by atoms with Crippen LogP contribution in [0.1, 0.15) is 28.9 Å². The highest BCUT2D eigenvalue weighted by Gasteiger charge is 2.26. The lowest BCUT2D eigenvalue weighted by Crippen LogP contribution is -2.43. The number of ether oxygens (including phenoxy) is 2. The Labute approximate surface area is 146 Å². The summed E-state index contributed by atoms with van der Waals surface area (Å²) in [6.45, 7) is 2.91. The number of hydrogen-bond donors (Lipinski definition) is 1. The zero-order chi connectivity index (χ0) is 17.8. The second-order valence-electron chi connectivity index (χ2n) is 6.15. The van der Waals surface area contributed by atoms with Crippen molar-refractivity contribution in [2.45, 2.75) is 25.9 Å². The number of nitrogens with one attached hydrogen (secondary N) is 1. The van der Waals surface area contributed by atoms with Crippen LogP contribution in [0, 0.1) is 6.92 Å². The van der Waals surface area contributed by atoms with Gasteiger partial charge in [-0.1, -0.05) is 12.1 Å². The first-order valence-electron chi connectivity index (χ1n) is 8.37. The van der Waals surface area contributed by atoms with Gasteiger partial charge in [-0.25, -0.2) is 0 Å². The van der Waals surface area contributed by atoms with Crippen LogP contribution in [0.3, 0.4) is 0 Å². The number of aryl methyl sites for hydroxylation is 1. The number of rotatable bonds is 4. The number of carbonyl (C=O) groups is 1. The Balaban J connectivity index is 1.62. The molecular formula is C19H22N2O4. The SMILES string of the molecule is COc1ccccc1OC1CCN(C(=O)c2c[nH]c(C)cc2=O)CC1. The van der Waals surface area contributed by atoms with Crippen molar-refractivity contribution >= 4 is 5.91 Å². The maximum absolute atomic E-state index is 12.5. The molecule has 25 heavy (non-hydrogen) atoms. The van der Waals surface area contributed by atoms with Crippen LogP contribution in [0.15, 0.2) is 41.3 Å². The molecule has 1 N–H and O–H groups in total. The average Bonchev–Trinajstić information content (AvgIpc) is 2.62. The van der Waals surface area contributed by atoms with E-state index in [1.807, 2.05) is 24.3 Å². The summed E-state index contributed by atoms with van der Waals surface area (Å²) in [5, 5.41) is 0. The summed E-state index contributed by atoms with van der Waals surface area (Å²) in [4.78, 5) is 29.2. The molecule has 0 atom stereocenters. The highest BCUT2D eigenvalue weighted by molar-refractivity contribution is 5.93. The van der Waals surface area contributed by atoms with E-state index in [9.17, 15) is 9.59 Å². The molecule has 1 amide bonds. The maximum atomic E-state index is 12.5. The number of hydrogen-bond acceptors (Lipinski definition) is 4. The van der Waals surface area contributed by atoms with Gasteiger partial charge in [0.2, 0.25) is 0 Å². The third-order valence-electron chi connectivity index (χ3n) is 4.38. The predicted octanol–water partition coefficient (Wildman–Crippen LogP) is 2.38. The molecule has 6 nitrogen and oxygen atoms in total. The molecule has 1 aliphatic heterocycles. The van der Waals surface area contributed by atoms with E-state index < -0.39 is 0 Å². The third kappa shape index (κ3) is 3.84. The van der Waals surface area contributed by atoms with Gasteiger partial charge in [0.1, 0.15) is 11.7 Å². The van der Waals surface area contributed by atoms with Crippen LogP contribution in [-0.4, -0.2) is 42.1 Å². The molecule has 2 heterocycles. The maximum Gasteiger partial charge on any atom is 0.259 e. The molecular weight excluding hydrogens is 320 g/mol. The van der Waals surface area contributed by atoms with Crippen molar-refractivity contribution in [2.24, 2.45) is 0 Å². The minimum Gasteiger partial charge on any atom is -0.493 e. The average molecular weight is 342 g/mol. The lowest BCUT2D eigenvalue weighted by Gasteiger charge is -2.32. The van der Waals surface area contributed by atoms with Crippen LogP contribution < -0.4 is 14.9 Å². The van der Waals surface area contributed by atoms with Gasteiger partial charge in [-0.15, -0.1) is 0 Å². The van der Waals surface area contributed by atoms with Crippen molar-refractivity contribution in [3.8, 4) is 11.5 Å². The lowest BCUT2D eigenvalue weighted by molar-refractivity contribution is 0.0589. The molecule has 1 aromatic heterocycles. The van der Waals surface area contributed by atoms with Crippen LogP contribution in [0.25, 0.3) is 0 Å². The topological polar surface area (TPSA) is 71.6 Å². The van der Waals surface area contributed by atoms with E-state index in [1.54, 1.807) is 18.9 Å². The number of para-hydroxylation sites is 2. The van der Waals surface area contributed by atoms with Gasteiger partial charge in [-0.05, 0) is 19.1 Å². The van der Waals surface area contributed by atoms with Gasteiger partial charge in [-0.2, -0.15) is 0 Å². The monoisotopic (exact) mass is 342 g/mol. The Morgan fingerprint density at radius 2 is 1.88 bits per heavy atom. The molecule has 0 bridgehead atoms. The van der Waals surface area contributed by atoms with Crippen molar-refractivity contribution in [1.82, 2.24) is 9.88 Å². The van der Waals surface area contributed by atoms with Gasteiger partial charge in [0.05, 0.1) is 7.11 Å². The fourth-order valence-corrected chi connectivity index (χ4v) is 2.98. The normalized spacial score (nSPS) is 15.0. The summed E-state index contributed by atoms with van der Waals surface area (Å²) >= 11 is 0. The number of piperidine rings is 1. The molecule has 1 aromatic carbocycles. The molecule has 132 valence electrons. The number of nitrogens with zero attached hydrogens (tertiary/aromatic N) is 1. The highest BCUT2D eigenvalue weighted by Crippen LogP contribution is 2.29. The van der Waals surface area contributed by atoms with Gasteiger partial charge < -0.3 is 19.4 Å². The Morgan fingerprint density at radius 1 is 1.20 bits per heavy atom. The van der Waals surface area contributed by atoms with Gasteiger partial charge >= 0.3 is 0 Å². The molecule has 0 unspecified atom stereocenters. The van der Waals surface area contributed by atoms with E-state index in [-0.39, 0.29) is 23.0 Å². The fourth-order valence-electron chi connectivity index (χ4n) is 2.98. The largest absolute Gasteiger partial charge is 0.493 e. The summed E-state index contributed by atoms with van der Waals surface area (Å²) in [6.07, 6.45) is 2.95. The van der Waals surface area contributed by atoms with E-state index in [4.69, 9.17) is 9.47 Å². The van der Waals surface area contributed by atoms with Crippen molar-refractivity contribution in [3.05, 3.63) is 58.0 Å². The summed E-state index contributed by atoms with van der Waals surface area (Å²) < 4.78 is 11.3. The van der Waals surface area contributed by atoms with E-state index in [0.717, 1.165) is 5.69 Å². The van der Waals surface area contributed by atoms with E-state index in [0.29, 0.717) is 37.4 Å². The molecule has 3 rings (SSSR count). The molecule has 1 fully saturated rings. The number of aromatic amines is 1. The molecule has 1 aliphatic rings. The number of amides is 1. The van der Waals surface area contributed by atoms with Gasteiger partial charge in [0.25, 0.3) is 5.91 Å². The number of likely N-dealkylation sites (tertiary alicyclic amines) is 1. The number of aromatic nitrogens is 1. The zero-order valence-corrected chi connectivity index (χ0v) is 14.5. The summed E-state index contributed by atoms with van der Waals surface area (Å²) in [6, 6.07) is 8.98. The van der Waals surface area contributed by atoms with Gasteiger partial charge in [-0.3, -0.25) is 9.59 Å². The Hall–Kier alpha value is -2.76. The summed E-state index contributed by atoms with van der Waals surface area (Å²) in [7, 11) is 1.61. The van der Waals surface area contributed by atoms with Crippen LogP contribution >= 0.6 is 0 Å². The number of benzene rings is 1. The second-order valence-corrected chi connectivity index (χ2v) is 6.15. The lowest BCUT2D eigenvalue weighted by atomic mass is 10.1. The van der Waals surface area contributed by atoms with Crippen LogP contribution in [0.2, 0.25) is 0 Å². The zero-order valence-electron chi connectivity index (χ0n) is 14.5. The standard InChI is InChI=1S/C19H22N2O4/c1-13-11-16(22)15(12-20-13)19(23)21-9-7-14(8-10-21)25-18-6-4-3-5-17(18)24-2/h3-6,11-12,14H,7-10H2,1-2H3,(H,20,22). The number of methoxy groups -OCH3 is 1. The van der Waals surface area contributed by atoms with E-state index >= 15 is 0 Å². The molecule has 0 aliphatic carbocycles. The predicted molar refractivity (Wildman–Crippen MR) is 94.3 cm³/mol. The summed E-state index contributed by atoms with van der Waals surface area (Å²) in [5.41, 5.74) is 0.689. The van der Waals surface area contributed by atoms with Crippen molar-refractivity contribution < 1.29 is 14.3 Å². The molecule has 0 spiro atoms. The smallest absolute Gasteiger partial charge is 0.259 e. The molecule has 2 aromatic rings. The van der Waals surface area contributed by atoms with Crippen LogP contribution in [0.4, 0.5) is 0 Å². The molecule has 0 saturated carbocycles. The minimum atomic E-state index is -0.242. The van der Waals surface area contributed by atoms with Crippen molar-refractivity contribution in [1.29, 1.82) is 0 Å². The first-order chi connectivity index (χ1) is 12.1. The number of H-pyrrole nitrogens is 1. The van der Waals surface area contributed by atoms with E-state index in [2.05, 4.69) is 4.98 Å². The first-order valence-corrected chi connectivity index (χ1v) is 8.37. The number of carbonyl (C=O) groups excluding carboxylic acids is 1. The van der Waals surface area contributed by atoms with Crippen LogP contribution in [-0.2, 0) is 0 Å². The Bertz CT molecular complexity index is 807. The molecule has 0 radical (unpaired) electrons. The highest BCUT2D eigenvalue weighted by atomic mass is 16.5. The molecule has 1 saturated heterocycles. The third-order valence-corrected chi connectivity index (χ3v) is 4.38. The van der Waals surface area contributed by atoms with Crippen molar-refractivity contribution in [3.63, 3.8) is 0 Å². The van der Waals surface area contributed by atoms with Crippen LogP contribution in [0.5, 0.6) is 11.5 Å². The Morgan fingerprint density at radius 3 is 2.52 bits per heavy atom. The minimum absolute atomic E-state index is 0.0247. The molecule has 6 heteroatoms.